The molecule has 0 radical (unpaired) electrons. The molecule has 45 heavy (non-hydrogen) atoms. The molecular formula is C41H29N3O. The SMILES string of the molecule is C=C1/C(=C\C=C/C)Oc2ccccc2C12c1ccccc1-c1ccc(-c3nc(-c4ccccc4)nc(-c4ccccc4)n3)cc12. The van der Waals surface area contributed by atoms with Crippen LogP contribution in [0.25, 0.3) is 45.3 Å². The Labute approximate surface area is 262 Å². The Morgan fingerprint density at radius 2 is 1.13 bits per heavy atom. The minimum atomic E-state index is -0.651. The number of hydrogen-bond acceptors (Lipinski definition) is 4. The molecule has 0 fully saturated rings. The van der Waals surface area contributed by atoms with Crippen LogP contribution in [0.5, 0.6) is 5.75 Å². The molecule has 0 N–H and O–H groups in total. The Kier molecular flexibility index (Phi) is 6.35. The van der Waals surface area contributed by atoms with E-state index in [1.165, 1.54) is 16.7 Å². The fourth-order valence-corrected chi connectivity index (χ4v) is 6.68. The maximum atomic E-state index is 6.48. The van der Waals surface area contributed by atoms with Crippen LogP contribution >= 0.6 is 0 Å². The maximum Gasteiger partial charge on any atom is 0.164 e. The third kappa shape index (κ3) is 4.18. The van der Waals surface area contributed by atoms with Crippen molar-refractivity contribution >= 4 is 0 Å². The lowest BCUT2D eigenvalue weighted by molar-refractivity contribution is 0.391. The Balaban J connectivity index is 1.40. The van der Waals surface area contributed by atoms with Crippen molar-refractivity contribution in [2.75, 3.05) is 0 Å². The van der Waals surface area contributed by atoms with E-state index in [4.69, 9.17) is 26.3 Å². The van der Waals surface area contributed by atoms with Crippen molar-refractivity contribution < 1.29 is 4.74 Å². The van der Waals surface area contributed by atoms with Crippen LogP contribution in [0.1, 0.15) is 23.6 Å². The number of fused-ring (bicyclic) bond motifs is 7. The van der Waals surface area contributed by atoms with Gasteiger partial charge in [-0.05, 0) is 47.4 Å². The van der Waals surface area contributed by atoms with Gasteiger partial charge in [0.25, 0.3) is 0 Å². The van der Waals surface area contributed by atoms with E-state index in [9.17, 15) is 0 Å². The van der Waals surface area contributed by atoms with Crippen molar-refractivity contribution in [2.24, 2.45) is 0 Å². The molecule has 1 atom stereocenters. The lowest BCUT2D eigenvalue weighted by atomic mass is 9.65. The van der Waals surface area contributed by atoms with Crippen LogP contribution in [-0.2, 0) is 5.41 Å². The lowest BCUT2D eigenvalue weighted by Crippen LogP contribution is -2.35. The van der Waals surface area contributed by atoms with Gasteiger partial charge in [0.1, 0.15) is 11.5 Å². The molecule has 5 aromatic carbocycles. The minimum absolute atomic E-state index is 0.618. The Bertz CT molecular complexity index is 2110. The molecule has 1 unspecified atom stereocenters. The van der Waals surface area contributed by atoms with Crippen molar-refractivity contribution in [2.45, 2.75) is 12.3 Å². The van der Waals surface area contributed by atoms with E-state index in [-0.39, 0.29) is 0 Å². The molecular weight excluding hydrogens is 550 g/mol. The third-order valence-corrected chi connectivity index (χ3v) is 8.70. The van der Waals surface area contributed by atoms with Gasteiger partial charge in [0.2, 0.25) is 0 Å². The van der Waals surface area contributed by atoms with Gasteiger partial charge < -0.3 is 4.74 Å². The lowest BCUT2D eigenvalue weighted by Gasteiger charge is -2.40. The standard InChI is InChI=1S/C41H29N3O/c1-3-4-22-36-27(2)41(34-21-13-14-23-37(34)45-36)33-20-12-11-19-31(33)32-25-24-30(26-35(32)41)40-43-38(28-15-7-5-8-16-28)42-39(44-40)29-17-9-6-10-18-29/h3-26H,2H2,1H3/b4-3-,36-22+. The van der Waals surface area contributed by atoms with Crippen LogP contribution in [-0.4, -0.2) is 15.0 Å². The van der Waals surface area contributed by atoms with Crippen LogP contribution in [0.4, 0.5) is 0 Å². The summed E-state index contributed by atoms with van der Waals surface area (Å²) in [6.45, 7) is 6.72. The summed E-state index contributed by atoms with van der Waals surface area (Å²) in [5, 5.41) is 0. The first-order valence-corrected chi connectivity index (χ1v) is 15.1. The van der Waals surface area contributed by atoms with Gasteiger partial charge in [0, 0.05) is 27.8 Å². The summed E-state index contributed by atoms with van der Waals surface area (Å²) in [7, 11) is 0. The number of ether oxygens (including phenoxy) is 1. The first-order chi connectivity index (χ1) is 22.2. The summed E-state index contributed by atoms with van der Waals surface area (Å²) in [4.78, 5) is 15.0. The molecule has 8 rings (SSSR count). The molecule has 2 heterocycles. The highest BCUT2D eigenvalue weighted by atomic mass is 16.5. The zero-order valence-electron chi connectivity index (χ0n) is 24.8. The Morgan fingerprint density at radius 3 is 1.80 bits per heavy atom. The summed E-state index contributed by atoms with van der Waals surface area (Å²) >= 11 is 0. The number of allylic oxidation sites excluding steroid dienone is 4. The van der Waals surface area contributed by atoms with E-state index in [1.807, 2.05) is 97.9 Å². The Hall–Kier alpha value is -5.87. The van der Waals surface area contributed by atoms with Gasteiger partial charge in [-0.2, -0.15) is 0 Å². The van der Waals surface area contributed by atoms with Crippen molar-refractivity contribution in [3.63, 3.8) is 0 Å². The van der Waals surface area contributed by atoms with E-state index in [0.29, 0.717) is 17.5 Å². The molecule has 4 heteroatoms. The second-order valence-corrected chi connectivity index (χ2v) is 11.2. The highest BCUT2D eigenvalue weighted by Gasteiger charge is 2.51. The first kappa shape index (κ1) is 26.7. The quantitative estimate of drug-likeness (QED) is 0.209. The normalized spacial score (nSPS) is 17.3. The minimum Gasteiger partial charge on any atom is -0.457 e. The predicted octanol–water partition coefficient (Wildman–Crippen LogP) is 9.60. The van der Waals surface area contributed by atoms with E-state index in [1.54, 1.807) is 0 Å². The number of nitrogens with zero attached hydrogens (tertiary/aromatic N) is 3. The predicted molar refractivity (Wildman–Crippen MR) is 181 cm³/mol. The van der Waals surface area contributed by atoms with Gasteiger partial charge in [-0.15, -0.1) is 0 Å². The van der Waals surface area contributed by atoms with Crippen molar-refractivity contribution in [1.29, 1.82) is 0 Å². The van der Waals surface area contributed by atoms with Crippen molar-refractivity contribution in [1.82, 2.24) is 15.0 Å². The average Bonchev–Trinajstić information content (AvgIpc) is 3.40. The first-order valence-electron chi connectivity index (χ1n) is 15.1. The van der Waals surface area contributed by atoms with Gasteiger partial charge in [0.05, 0.1) is 5.41 Å². The van der Waals surface area contributed by atoms with Gasteiger partial charge in [-0.1, -0.05) is 134 Å². The molecule has 0 saturated carbocycles. The van der Waals surface area contributed by atoms with Crippen LogP contribution in [0.3, 0.4) is 0 Å². The second-order valence-electron chi connectivity index (χ2n) is 11.2. The van der Waals surface area contributed by atoms with Crippen molar-refractivity contribution in [3.8, 4) is 51.0 Å². The molecule has 4 nitrogen and oxygen atoms in total. The van der Waals surface area contributed by atoms with Crippen molar-refractivity contribution in [3.05, 3.63) is 180 Å². The van der Waals surface area contributed by atoms with Gasteiger partial charge in [-0.25, -0.2) is 15.0 Å². The molecule has 1 spiro atoms. The molecule has 0 saturated heterocycles. The molecule has 6 aromatic rings. The second kappa shape index (κ2) is 10.7. The van der Waals surface area contributed by atoms with Crippen LogP contribution in [0.2, 0.25) is 0 Å². The summed E-state index contributed by atoms with van der Waals surface area (Å²) in [5.41, 5.74) is 8.78. The van der Waals surface area contributed by atoms with E-state index >= 15 is 0 Å². The fraction of sp³-hybridized carbons (Fsp3) is 0.0488. The molecule has 1 aromatic heterocycles. The fourth-order valence-electron chi connectivity index (χ4n) is 6.68. The van der Waals surface area contributed by atoms with Crippen LogP contribution in [0, 0.1) is 0 Å². The van der Waals surface area contributed by atoms with Crippen LogP contribution in [0.15, 0.2) is 164 Å². The maximum absolute atomic E-state index is 6.48. The van der Waals surface area contributed by atoms with Gasteiger partial charge in [-0.3, -0.25) is 0 Å². The highest BCUT2D eigenvalue weighted by Crippen LogP contribution is 2.61. The molecule has 214 valence electrons. The van der Waals surface area contributed by atoms with Gasteiger partial charge in [0.15, 0.2) is 17.5 Å². The van der Waals surface area contributed by atoms with Gasteiger partial charge >= 0.3 is 0 Å². The third-order valence-electron chi connectivity index (χ3n) is 8.70. The van der Waals surface area contributed by atoms with E-state index in [2.05, 4.69) is 54.6 Å². The highest BCUT2D eigenvalue weighted by molar-refractivity contribution is 5.89. The number of aromatic nitrogens is 3. The number of benzene rings is 5. The molecule has 2 aliphatic rings. The number of rotatable bonds is 4. The van der Waals surface area contributed by atoms with Crippen LogP contribution < -0.4 is 4.74 Å². The monoisotopic (exact) mass is 579 g/mol. The largest absolute Gasteiger partial charge is 0.457 e. The summed E-state index contributed by atoms with van der Waals surface area (Å²) in [6, 6.07) is 43.6. The number of para-hydroxylation sites is 1. The number of hydrogen-bond donors (Lipinski definition) is 0. The molecule has 0 amide bonds. The smallest absolute Gasteiger partial charge is 0.164 e. The topological polar surface area (TPSA) is 47.9 Å². The Morgan fingerprint density at radius 1 is 0.578 bits per heavy atom. The van der Waals surface area contributed by atoms with E-state index in [0.717, 1.165) is 44.9 Å². The summed E-state index contributed by atoms with van der Waals surface area (Å²) in [6.07, 6.45) is 6.01. The molecule has 1 aliphatic heterocycles. The zero-order valence-corrected chi connectivity index (χ0v) is 24.8. The molecule has 1 aliphatic carbocycles. The zero-order chi connectivity index (χ0) is 30.4. The van der Waals surface area contributed by atoms with E-state index < -0.39 is 5.41 Å². The summed E-state index contributed by atoms with van der Waals surface area (Å²) in [5.74, 6) is 3.46. The summed E-state index contributed by atoms with van der Waals surface area (Å²) < 4.78 is 6.48. The average molecular weight is 580 g/mol. The molecule has 0 bridgehead atoms.